The predicted octanol–water partition coefficient (Wildman–Crippen LogP) is 4.37. The van der Waals surface area contributed by atoms with E-state index < -0.39 is 97.6 Å². The van der Waals surface area contributed by atoms with Crippen LogP contribution < -0.4 is 15.1 Å². The predicted molar refractivity (Wildman–Crippen MR) is 94.7 cm³/mol. The summed E-state index contributed by atoms with van der Waals surface area (Å²) in [5, 5.41) is 10.0. The van der Waals surface area contributed by atoms with Crippen molar-refractivity contribution < 1.29 is 58.9 Å². The Morgan fingerprint density at radius 3 is 1.53 bits per heavy atom. The van der Waals surface area contributed by atoms with E-state index in [1.807, 2.05) is 0 Å². The largest absolute Gasteiger partial charge is 0.507 e. The van der Waals surface area contributed by atoms with E-state index in [0.717, 1.165) is 0 Å². The second-order valence-electron chi connectivity index (χ2n) is 6.32. The van der Waals surface area contributed by atoms with E-state index in [2.05, 4.69) is 13.9 Å². The number of hydrogen-bond acceptors (Lipinski definition) is 6. The molecule has 180 valence electrons. The van der Waals surface area contributed by atoms with Crippen molar-refractivity contribution in [1.29, 1.82) is 0 Å². The highest BCUT2D eigenvalue weighted by Gasteiger charge is 2.35. The van der Waals surface area contributed by atoms with Gasteiger partial charge in [-0.15, -0.1) is 0 Å². The van der Waals surface area contributed by atoms with Gasteiger partial charge in [-0.2, -0.15) is 17.6 Å². The second-order valence-corrected chi connectivity index (χ2v) is 6.32. The van der Waals surface area contributed by atoms with E-state index >= 15 is 0 Å². The molecule has 34 heavy (non-hydrogen) atoms. The third kappa shape index (κ3) is 3.50. The Labute approximate surface area is 182 Å². The van der Waals surface area contributed by atoms with Gasteiger partial charge in [-0.25, -0.2) is 22.4 Å². The van der Waals surface area contributed by atoms with E-state index in [1.54, 1.807) is 0 Å². The third-order valence-corrected chi connectivity index (χ3v) is 4.49. The van der Waals surface area contributed by atoms with Gasteiger partial charge in [0, 0.05) is 6.07 Å². The molecule has 0 atom stereocenters. The molecule has 0 aliphatic rings. The molecule has 0 saturated carbocycles. The van der Waals surface area contributed by atoms with Crippen LogP contribution in [0.2, 0.25) is 0 Å². The molecule has 3 aromatic rings. The summed E-state index contributed by atoms with van der Waals surface area (Å²) in [7, 11) is 1.35. The fraction of sp³-hybridized carbons (Fsp3) is 0.100. The molecule has 0 aliphatic heterocycles. The molecule has 14 heteroatoms. The lowest BCUT2D eigenvalue weighted by Crippen LogP contribution is -2.20. The average molecular weight is 496 g/mol. The summed E-state index contributed by atoms with van der Waals surface area (Å²) in [6.45, 7) is 0. The second kappa shape index (κ2) is 8.68. The number of ether oxygens (including phenoxy) is 2. The van der Waals surface area contributed by atoms with Crippen LogP contribution in [-0.4, -0.2) is 25.1 Å². The molecular weight excluding hydrogens is 488 g/mol. The fourth-order valence-corrected chi connectivity index (χ4v) is 2.94. The Morgan fingerprint density at radius 1 is 0.735 bits per heavy atom. The topological polar surface area (TPSA) is 86.0 Å². The average Bonchev–Trinajstić information content (AvgIpc) is 2.77. The zero-order valence-electron chi connectivity index (χ0n) is 16.6. The number of methoxy groups -OCH3 is 2. The number of benzene rings is 2. The van der Waals surface area contributed by atoms with Crippen molar-refractivity contribution in [3.05, 3.63) is 74.2 Å². The van der Waals surface area contributed by atoms with Gasteiger partial charge in [0.25, 0.3) is 0 Å². The SMILES string of the molecule is COc1c(F)c(F)c(C(=O)c2c(O)cc(-c3c(F)c(F)c(OC)c(F)c3F)oc2=O)c(F)c1F. The van der Waals surface area contributed by atoms with Crippen LogP contribution in [-0.2, 0) is 0 Å². The maximum atomic E-state index is 14.3. The first kappa shape index (κ1) is 24.5. The smallest absolute Gasteiger partial charge is 0.351 e. The van der Waals surface area contributed by atoms with Crippen LogP contribution in [0.5, 0.6) is 17.2 Å². The Morgan fingerprint density at radius 2 is 1.15 bits per heavy atom. The molecule has 1 heterocycles. The maximum Gasteiger partial charge on any atom is 0.351 e. The minimum absolute atomic E-state index is 0.105. The summed E-state index contributed by atoms with van der Waals surface area (Å²) in [5.41, 5.74) is -7.29. The van der Waals surface area contributed by atoms with Gasteiger partial charge in [-0.05, 0) is 0 Å². The van der Waals surface area contributed by atoms with Gasteiger partial charge in [-0.3, -0.25) is 4.79 Å². The van der Waals surface area contributed by atoms with E-state index in [1.165, 1.54) is 0 Å². The fourth-order valence-electron chi connectivity index (χ4n) is 2.94. The molecule has 0 spiro atoms. The number of halogens is 8. The third-order valence-electron chi connectivity index (χ3n) is 4.49. The van der Waals surface area contributed by atoms with Gasteiger partial charge in [0.1, 0.15) is 22.6 Å². The molecular formula is C20H8F8O6. The lowest BCUT2D eigenvalue weighted by atomic mass is 10.0. The van der Waals surface area contributed by atoms with E-state index in [9.17, 15) is 49.8 Å². The van der Waals surface area contributed by atoms with Gasteiger partial charge in [0.05, 0.1) is 19.8 Å². The van der Waals surface area contributed by atoms with Gasteiger partial charge >= 0.3 is 5.63 Å². The highest BCUT2D eigenvalue weighted by Crippen LogP contribution is 2.37. The van der Waals surface area contributed by atoms with Gasteiger partial charge < -0.3 is 19.0 Å². The Balaban J connectivity index is 2.25. The standard InChI is InChI=1S/C20H8F8O6/c1-32-18-13(25)9(21)7(10(22)14(18)26)5-3-4(29)6(20(31)34-5)17(30)8-11(23)15(27)19(33-2)16(28)12(8)24/h3,29H,1-2H3. The van der Waals surface area contributed by atoms with Crippen LogP contribution >= 0.6 is 0 Å². The molecule has 0 aliphatic carbocycles. The molecule has 0 fully saturated rings. The van der Waals surface area contributed by atoms with Crippen molar-refractivity contribution in [3.63, 3.8) is 0 Å². The molecule has 2 aromatic carbocycles. The Kier molecular flexibility index (Phi) is 6.27. The molecule has 1 aromatic heterocycles. The zero-order chi connectivity index (χ0) is 25.6. The van der Waals surface area contributed by atoms with Crippen molar-refractivity contribution >= 4 is 5.78 Å². The van der Waals surface area contributed by atoms with Crippen molar-refractivity contribution in [2.24, 2.45) is 0 Å². The normalized spacial score (nSPS) is 11.0. The van der Waals surface area contributed by atoms with Crippen LogP contribution in [0.15, 0.2) is 15.3 Å². The molecule has 0 unspecified atom stereocenters. The van der Waals surface area contributed by atoms with Crippen LogP contribution in [0.25, 0.3) is 11.3 Å². The lowest BCUT2D eigenvalue weighted by molar-refractivity contribution is 0.102. The molecule has 1 N–H and O–H groups in total. The Bertz CT molecular complexity index is 1360. The summed E-state index contributed by atoms with van der Waals surface area (Å²) >= 11 is 0. The minimum atomic E-state index is -2.31. The van der Waals surface area contributed by atoms with E-state index in [0.29, 0.717) is 14.2 Å². The van der Waals surface area contributed by atoms with Gasteiger partial charge in [-0.1, -0.05) is 0 Å². The number of aromatic hydroxyl groups is 1. The number of carbonyl (C=O) groups excluding carboxylic acids is 1. The Hall–Kier alpha value is -4.10. The molecule has 0 amide bonds. The van der Waals surface area contributed by atoms with Crippen LogP contribution in [0.4, 0.5) is 35.1 Å². The minimum Gasteiger partial charge on any atom is -0.507 e. The van der Waals surface area contributed by atoms with Crippen molar-refractivity contribution in [2.45, 2.75) is 0 Å². The van der Waals surface area contributed by atoms with Crippen molar-refractivity contribution in [2.75, 3.05) is 14.2 Å². The number of hydrogen-bond donors (Lipinski definition) is 1. The molecule has 0 radical (unpaired) electrons. The van der Waals surface area contributed by atoms with Crippen molar-refractivity contribution in [1.82, 2.24) is 0 Å². The molecule has 3 rings (SSSR count). The highest BCUT2D eigenvalue weighted by atomic mass is 19.2. The summed E-state index contributed by atoms with van der Waals surface area (Å²) in [6.07, 6.45) is 0. The maximum absolute atomic E-state index is 14.3. The molecule has 6 nitrogen and oxygen atoms in total. The number of carbonyl (C=O) groups is 1. The summed E-state index contributed by atoms with van der Waals surface area (Å²) < 4.78 is 125. The monoisotopic (exact) mass is 496 g/mol. The summed E-state index contributed by atoms with van der Waals surface area (Å²) in [4.78, 5) is 24.7. The van der Waals surface area contributed by atoms with Gasteiger partial charge in [0.2, 0.25) is 29.1 Å². The first-order valence-electron chi connectivity index (χ1n) is 8.60. The first-order chi connectivity index (χ1) is 15.9. The van der Waals surface area contributed by atoms with Crippen LogP contribution in [0.1, 0.15) is 15.9 Å². The quantitative estimate of drug-likeness (QED) is 0.321. The summed E-state index contributed by atoms with van der Waals surface area (Å²) in [5.74, 6) is -25.3. The van der Waals surface area contributed by atoms with Crippen molar-refractivity contribution in [3.8, 4) is 28.6 Å². The van der Waals surface area contributed by atoms with Crippen LogP contribution in [0.3, 0.4) is 0 Å². The number of ketones is 1. The van der Waals surface area contributed by atoms with Gasteiger partial charge in [0.15, 0.2) is 34.8 Å². The first-order valence-corrected chi connectivity index (χ1v) is 8.60. The van der Waals surface area contributed by atoms with E-state index in [4.69, 9.17) is 0 Å². The molecule has 0 saturated heterocycles. The molecule has 0 bridgehead atoms. The highest BCUT2D eigenvalue weighted by molar-refractivity contribution is 6.11. The summed E-state index contributed by atoms with van der Waals surface area (Å²) in [6, 6.07) is 0.105. The van der Waals surface area contributed by atoms with E-state index in [-0.39, 0.29) is 6.07 Å². The lowest BCUT2D eigenvalue weighted by Gasteiger charge is -2.12. The van der Waals surface area contributed by atoms with Crippen LogP contribution in [0, 0.1) is 46.5 Å². The zero-order valence-corrected chi connectivity index (χ0v) is 16.6. The number of rotatable bonds is 5.